The predicted molar refractivity (Wildman–Crippen MR) is 73.6 cm³/mol. The molecule has 0 aliphatic heterocycles. The first-order chi connectivity index (χ1) is 9.08. The number of amides is 1. The summed E-state index contributed by atoms with van der Waals surface area (Å²) in [5.41, 5.74) is 0.753. The Labute approximate surface area is 110 Å². The molecular weight excluding hydrogens is 244 g/mol. The third-order valence-electron chi connectivity index (χ3n) is 2.50. The lowest BCUT2D eigenvalue weighted by molar-refractivity contribution is 0.102. The standard InChI is InChI=1S/C13H14N4O2/c1-17(2)12-10(4-3-7-14-12)16-13(19)9-5-6-11(18)15-8-9/h3-8H,1-2H3,(H,15,18)(H,16,19). The van der Waals surface area contributed by atoms with E-state index < -0.39 is 0 Å². The van der Waals surface area contributed by atoms with Gasteiger partial charge in [-0.05, 0) is 18.2 Å². The van der Waals surface area contributed by atoms with Gasteiger partial charge in [0.05, 0.1) is 11.3 Å². The Morgan fingerprint density at radius 1 is 1.32 bits per heavy atom. The molecule has 0 spiro atoms. The summed E-state index contributed by atoms with van der Waals surface area (Å²) in [5, 5.41) is 2.76. The number of rotatable bonds is 3. The van der Waals surface area contributed by atoms with Gasteiger partial charge in [0.15, 0.2) is 5.82 Å². The van der Waals surface area contributed by atoms with Crippen molar-refractivity contribution in [1.82, 2.24) is 9.97 Å². The highest BCUT2D eigenvalue weighted by atomic mass is 16.1. The number of hydrogen-bond acceptors (Lipinski definition) is 4. The summed E-state index contributed by atoms with van der Waals surface area (Å²) < 4.78 is 0. The van der Waals surface area contributed by atoms with E-state index in [4.69, 9.17) is 0 Å². The number of pyridine rings is 2. The highest BCUT2D eigenvalue weighted by Crippen LogP contribution is 2.20. The van der Waals surface area contributed by atoms with E-state index in [1.807, 2.05) is 19.0 Å². The number of aromatic nitrogens is 2. The van der Waals surface area contributed by atoms with Gasteiger partial charge in [0.1, 0.15) is 0 Å². The first-order valence-corrected chi connectivity index (χ1v) is 5.70. The maximum absolute atomic E-state index is 12.0. The molecule has 0 aromatic carbocycles. The van der Waals surface area contributed by atoms with Crippen molar-refractivity contribution >= 4 is 17.4 Å². The van der Waals surface area contributed by atoms with Crippen molar-refractivity contribution in [3.8, 4) is 0 Å². The van der Waals surface area contributed by atoms with Crippen LogP contribution in [0, 0.1) is 0 Å². The van der Waals surface area contributed by atoms with Gasteiger partial charge in [0.25, 0.3) is 5.91 Å². The Kier molecular flexibility index (Phi) is 3.61. The molecular formula is C13H14N4O2. The average molecular weight is 258 g/mol. The molecule has 0 atom stereocenters. The van der Waals surface area contributed by atoms with Gasteiger partial charge < -0.3 is 15.2 Å². The van der Waals surface area contributed by atoms with E-state index in [-0.39, 0.29) is 11.5 Å². The molecule has 2 N–H and O–H groups in total. The van der Waals surface area contributed by atoms with Crippen LogP contribution in [0.25, 0.3) is 0 Å². The molecule has 0 saturated carbocycles. The first kappa shape index (κ1) is 12.8. The average Bonchev–Trinajstić information content (AvgIpc) is 2.39. The van der Waals surface area contributed by atoms with Crippen molar-refractivity contribution in [3.05, 3.63) is 52.6 Å². The fourth-order valence-electron chi connectivity index (χ4n) is 1.60. The number of hydrogen-bond donors (Lipinski definition) is 2. The van der Waals surface area contributed by atoms with Crippen molar-refractivity contribution in [1.29, 1.82) is 0 Å². The van der Waals surface area contributed by atoms with Crippen molar-refractivity contribution < 1.29 is 4.79 Å². The van der Waals surface area contributed by atoms with Crippen LogP contribution in [-0.4, -0.2) is 30.0 Å². The molecule has 0 bridgehead atoms. The SMILES string of the molecule is CN(C)c1ncccc1NC(=O)c1ccc(=O)[nH]c1. The molecule has 0 fully saturated rings. The summed E-state index contributed by atoms with van der Waals surface area (Å²) >= 11 is 0. The highest BCUT2D eigenvalue weighted by Gasteiger charge is 2.10. The van der Waals surface area contributed by atoms with Gasteiger partial charge in [-0.1, -0.05) is 0 Å². The molecule has 6 nitrogen and oxygen atoms in total. The Balaban J connectivity index is 2.24. The topological polar surface area (TPSA) is 78.1 Å². The molecule has 0 aliphatic rings. The molecule has 0 radical (unpaired) electrons. The van der Waals surface area contributed by atoms with Gasteiger partial charge in [0.2, 0.25) is 5.56 Å². The van der Waals surface area contributed by atoms with Crippen molar-refractivity contribution in [3.63, 3.8) is 0 Å². The van der Waals surface area contributed by atoms with E-state index in [0.717, 1.165) is 0 Å². The second-order valence-electron chi connectivity index (χ2n) is 4.16. The zero-order valence-electron chi connectivity index (χ0n) is 10.7. The quantitative estimate of drug-likeness (QED) is 0.863. The minimum Gasteiger partial charge on any atom is -0.361 e. The van der Waals surface area contributed by atoms with Gasteiger partial charge in [0, 0.05) is 32.6 Å². The maximum atomic E-state index is 12.0. The fourth-order valence-corrected chi connectivity index (χ4v) is 1.60. The van der Waals surface area contributed by atoms with E-state index in [9.17, 15) is 9.59 Å². The zero-order valence-corrected chi connectivity index (χ0v) is 10.7. The third kappa shape index (κ3) is 2.98. The summed E-state index contributed by atoms with van der Waals surface area (Å²) in [5.74, 6) is 0.368. The number of aromatic amines is 1. The van der Waals surface area contributed by atoms with E-state index >= 15 is 0 Å². The lowest BCUT2D eigenvalue weighted by Crippen LogP contribution is -2.18. The van der Waals surface area contributed by atoms with E-state index in [1.165, 1.54) is 18.3 Å². The monoisotopic (exact) mass is 258 g/mol. The van der Waals surface area contributed by atoms with Crippen LogP contribution in [-0.2, 0) is 0 Å². The van der Waals surface area contributed by atoms with Gasteiger partial charge in [-0.15, -0.1) is 0 Å². The molecule has 1 amide bonds. The highest BCUT2D eigenvalue weighted by molar-refractivity contribution is 6.05. The van der Waals surface area contributed by atoms with Crippen molar-refractivity contribution in [2.45, 2.75) is 0 Å². The molecule has 0 unspecified atom stereocenters. The van der Waals surface area contributed by atoms with Crippen LogP contribution >= 0.6 is 0 Å². The number of nitrogens with zero attached hydrogens (tertiary/aromatic N) is 2. The van der Waals surface area contributed by atoms with E-state index in [1.54, 1.807) is 18.3 Å². The molecule has 2 rings (SSSR count). The molecule has 98 valence electrons. The van der Waals surface area contributed by atoms with Gasteiger partial charge in [-0.2, -0.15) is 0 Å². The minimum absolute atomic E-state index is 0.244. The number of H-pyrrole nitrogens is 1. The van der Waals surface area contributed by atoms with Gasteiger partial charge in [-0.25, -0.2) is 4.98 Å². The van der Waals surface area contributed by atoms with Crippen LogP contribution in [0.15, 0.2) is 41.5 Å². The summed E-state index contributed by atoms with van der Waals surface area (Å²) in [7, 11) is 3.69. The number of anilines is 2. The summed E-state index contributed by atoms with van der Waals surface area (Å²) in [4.78, 5) is 31.4. The van der Waals surface area contributed by atoms with Crippen LogP contribution < -0.4 is 15.8 Å². The third-order valence-corrected chi connectivity index (χ3v) is 2.50. The molecule has 0 saturated heterocycles. The van der Waals surface area contributed by atoms with Crippen LogP contribution in [0.1, 0.15) is 10.4 Å². The Morgan fingerprint density at radius 3 is 2.74 bits per heavy atom. The predicted octanol–water partition coefficient (Wildman–Crippen LogP) is 1.09. The molecule has 2 aromatic heterocycles. The van der Waals surface area contributed by atoms with Gasteiger partial charge in [-0.3, -0.25) is 9.59 Å². The lowest BCUT2D eigenvalue weighted by Gasteiger charge is -2.16. The number of carbonyl (C=O) groups excluding carboxylic acids is 1. The molecule has 19 heavy (non-hydrogen) atoms. The second-order valence-corrected chi connectivity index (χ2v) is 4.16. The summed E-state index contributed by atoms with van der Waals surface area (Å²) in [6.45, 7) is 0. The fraction of sp³-hybridized carbons (Fsp3) is 0.154. The Bertz CT molecular complexity index is 629. The lowest BCUT2D eigenvalue weighted by atomic mass is 10.2. The molecule has 0 aliphatic carbocycles. The van der Waals surface area contributed by atoms with Crippen LogP contribution in [0.3, 0.4) is 0 Å². The van der Waals surface area contributed by atoms with Crippen molar-refractivity contribution in [2.24, 2.45) is 0 Å². The Hall–Kier alpha value is -2.63. The summed E-state index contributed by atoms with van der Waals surface area (Å²) in [6.07, 6.45) is 3.04. The van der Waals surface area contributed by atoms with Crippen molar-refractivity contribution in [2.75, 3.05) is 24.3 Å². The maximum Gasteiger partial charge on any atom is 0.257 e. The first-order valence-electron chi connectivity index (χ1n) is 5.70. The minimum atomic E-state index is -0.299. The number of carbonyl (C=O) groups is 1. The molecule has 2 aromatic rings. The zero-order chi connectivity index (χ0) is 13.8. The van der Waals surface area contributed by atoms with Crippen LogP contribution in [0.5, 0.6) is 0 Å². The smallest absolute Gasteiger partial charge is 0.257 e. The largest absolute Gasteiger partial charge is 0.361 e. The Morgan fingerprint density at radius 2 is 2.11 bits per heavy atom. The molecule has 6 heteroatoms. The van der Waals surface area contributed by atoms with E-state index in [2.05, 4.69) is 15.3 Å². The van der Waals surface area contributed by atoms with Gasteiger partial charge >= 0.3 is 0 Å². The summed E-state index contributed by atoms with van der Waals surface area (Å²) in [6, 6.07) is 6.30. The second kappa shape index (κ2) is 5.34. The van der Waals surface area contributed by atoms with E-state index in [0.29, 0.717) is 17.1 Å². The molecule has 2 heterocycles. The van der Waals surface area contributed by atoms with Crippen LogP contribution in [0.4, 0.5) is 11.5 Å². The number of nitrogens with one attached hydrogen (secondary N) is 2. The van der Waals surface area contributed by atoms with Crippen LogP contribution in [0.2, 0.25) is 0 Å². The normalized spacial score (nSPS) is 10.0.